The molecule has 0 bridgehead atoms. The Labute approximate surface area is 212 Å². The van der Waals surface area contributed by atoms with Gasteiger partial charge in [-0.25, -0.2) is 0 Å². The minimum atomic E-state index is -0.0819. The number of Topliss-reactive ketones (excluding diaryl/α,β-unsaturated/α-hetero) is 1. The Morgan fingerprint density at radius 3 is 2.14 bits per heavy atom. The van der Waals surface area contributed by atoms with Crippen molar-refractivity contribution in [1.29, 1.82) is 0 Å². The molecule has 1 saturated heterocycles. The van der Waals surface area contributed by atoms with E-state index in [0.717, 1.165) is 79.1 Å². The number of nitrogens with zero attached hydrogens (tertiary/aromatic N) is 1. The summed E-state index contributed by atoms with van der Waals surface area (Å²) in [6.07, 6.45) is 5.99. The number of hydrogen-bond acceptors (Lipinski definition) is 4. The van der Waals surface area contributed by atoms with Gasteiger partial charge in [-0.1, -0.05) is 26.2 Å². The van der Waals surface area contributed by atoms with Gasteiger partial charge in [0.1, 0.15) is 5.75 Å². The number of carbonyl (C=O) groups is 2. The lowest BCUT2D eigenvalue weighted by molar-refractivity contribution is 0.0978. The van der Waals surface area contributed by atoms with E-state index >= 15 is 0 Å². The monoisotopic (exact) mass is 482 g/mol. The summed E-state index contributed by atoms with van der Waals surface area (Å²) in [7, 11) is 0. The molecule has 5 rings (SSSR count). The van der Waals surface area contributed by atoms with Gasteiger partial charge in [0.15, 0.2) is 11.6 Å². The summed E-state index contributed by atoms with van der Waals surface area (Å²) in [5.74, 6) is 0.933. The van der Waals surface area contributed by atoms with Crippen molar-refractivity contribution < 1.29 is 14.7 Å². The fraction of sp³-hybridized carbons (Fsp3) is 0.355. The van der Waals surface area contributed by atoms with Crippen LogP contribution in [0.4, 0.5) is 0 Å². The Morgan fingerprint density at radius 2 is 1.50 bits per heavy atom. The SMILES string of the molecule is CCCCCCC(=O)c1ccc2c(c1)c1cc(C(=O)c3ccc(O)cc3)ccc1n2CCC1CNC1. The second-order valence-corrected chi connectivity index (χ2v) is 10.0. The number of ketones is 2. The summed E-state index contributed by atoms with van der Waals surface area (Å²) in [6, 6.07) is 18.3. The molecule has 2 N–H and O–H groups in total. The van der Waals surface area contributed by atoms with E-state index in [1.54, 1.807) is 12.1 Å². The number of aromatic nitrogens is 1. The van der Waals surface area contributed by atoms with Crippen molar-refractivity contribution >= 4 is 33.4 Å². The molecule has 0 amide bonds. The number of unbranched alkanes of at least 4 members (excludes halogenated alkanes) is 3. The molecule has 0 saturated carbocycles. The zero-order valence-electron chi connectivity index (χ0n) is 20.9. The number of rotatable bonds is 11. The number of fused-ring (bicyclic) bond motifs is 3. The normalized spacial score (nSPS) is 13.8. The minimum absolute atomic E-state index is 0.0819. The molecule has 0 radical (unpaired) electrons. The Morgan fingerprint density at radius 1 is 0.861 bits per heavy atom. The van der Waals surface area contributed by atoms with Crippen molar-refractivity contribution in [2.45, 2.75) is 52.0 Å². The Balaban J connectivity index is 1.53. The van der Waals surface area contributed by atoms with E-state index in [9.17, 15) is 14.7 Å². The van der Waals surface area contributed by atoms with E-state index in [1.807, 2.05) is 30.3 Å². The molecule has 4 aromatic rings. The maximum atomic E-state index is 13.2. The molecular formula is C31H34N2O3. The number of carbonyl (C=O) groups excluding carboxylic acids is 2. The van der Waals surface area contributed by atoms with Gasteiger partial charge >= 0.3 is 0 Å². The molecule has 0 aliphatic carbocycles. The van der Waals surface area contributed by atoms with Gasteiger partial charge < -0.3 is 15.0 Å². The third-order valence-corrected chi connectivity index (χ3v) is 7.46. The quantitative estimate of drug-likeness (QED) is 0.189. The number of benzene rings is 3. The fourth-order valence-electron chi connectivity index (χ4n) is 5.16. The van der Waals surface area contributed by atoms with Crippen molar-refractivity contribution in [3.05, 3.63) is 77.4 Å². The van der Waals surface area contributed by atoms with Crippen molar-refractivity contribution in [3.8, 4) is 5.75 Å². The fourth-order valence-corrected chi connectivity index (χ4v) is 5.16. The van der Waals surface area contributed by atoms with Gasteiger partial charge in [-0.2, -0.15) is 0 Å². The molecule has 0 spiro atoms. The lowest BCUT2D eigenvalue weighted by atomic mass is 9.99. The third kappa shape index (κ3) is 4.93. The van der Waals surface area contributed by atoms with E-state index in [1.165, 1.54) is 12.1 Å². The van der Waals surface area contributed by atoms with Crippen LogP contribution < -0.4 is 5.32 Å². The van der Waals surface area contributed by atoms with E-state index in [-0.39, 0.29) is 17.3 Å². The summed E-state index contributed by atoms with van der Waals surface area (Å²) in [5.41, 5.74) is 4.08. The van der Waals surface area contributed by atoms with Gasteiger partial charge in [-0.15, -0.1) is 0 Å². The van der Waals surface area contributed by atoms with Crippen LogP contribution in [0.2, 0.25) is 0 Å². The molecule has 5 nitrogen and oxygen atoms in total. The largest absolute Gasteiger partial charge is 0.508 e. The average Bonchev–Trinajstić information content (AvgIpc) is 3.18. The molecule has 1 aliphatic rings. The van der Waals surface area contributed by atoms with Crippen LogP contribution in [-0.2, 0) is 6.54 Å². The van der Waals surface area contributed by atoms with Crippen molar-refractivity contribution in [1.82, 2.24) is 9.88 Å². The summed E-state index contributed by atoms with van der Waals surface area (Å²) in [5, 5.41) is 15.0. The van der Waals surface area contributed by atoms with Gasteiger partial charge in [0.25, 0.3) is 0 Å². The molecule has 0 unspecified atom stereocenters. The zero-order chi connectivity index (χ0) is 25.1. The molecule has 1 fully saturated rings. The smallest absolute Gasteiger partial charge is 0.193 e. The highest BCUT2D eigenvalue weighted by molar-refractivity contribution is 6.15. The van der Waals surface area contributed by atoms with Crippen molar-refractivity contribution in [3.63, 3.8) is 0 Å². The van der Waals surface area contributed by atoms with Crippen LogP contribution in [0.5, 0.6) is 5.75 Å². The molecule has 3 aromatic carbocycles. The van der Waals surface area contributed by atoms with Crippen LogP contribution in [0.15, 0.2) is 60.7 Å². The van der Waals surface area contributed by atoms with Crippen LogP contribution in [0, 0.1) is 5.92 Å². The van der Waals surface area contributed by atoms with Crippen LogP contribution in [0.25, 0.3) is 21.8 Å². The first-order valence-electron chi connectivity index (χ1n) is 13.2. The predicted octanol–water partition coefficient (Wildman–Crippen LogP) is 6.49. The maximum absolute atomic E-state index is 13.2. The van der Waals surface area contributed by atoms with Gasteiger partial charge in [0.05, 0.1) is 0 Å². The van der Waals surface area contributed by atoms with Crippen molar-refractivity contribution in [2.24, 2.45) is 5.92 Å². The highest BCUT2D eigenvalue weighted by atomic mass is 16.3. The first kappa shape index (κ1) is 24.3. The van der Waals surface area contributed by atoms with E-state index in [0.29, 0.717) is 23.5 Å². The second-order valence-electron chi connectivity index (χ2n) is 10.0. The molecule has 1 aromatic heterocycles. The highest BCUT2D eigenvalue weighted by Crippen LogP contribution is 2.32. The molecule has 1 aliphatic heterocycles. The number of phenols is 1. The van der Waals surface area contributed by atoms with Crippen LogP contribution in [0.3, 0.4) is 0 Å². The highest BCUT2D eigenvalue weighted by Gasteiger charge is 2.20. The first-order valence-corrected chi connectivity index (χ1v) is 13.2. The number of aryl methyl sites for hydroxylation is 1. The van der Waals surface area contributed by atoms with Crippen molar-refractivity contribution in [2.75, 3.05) is 13.1 Å². The third-order valence-electron chi connectivity index (χ3n) is 7.46. The molecule has 0 atom stereocenters. The number of nitrogens with one attached hydrogen (secondary N) is 1. The lowest BCUT2D eigenvalue weighted by Crippen LogP contribution is -2.42. The summed E-state index contributed by atoms with van der Waals surface area (Å²) >= 11 is 0. The van der Waals surface area contributed by atoms with Crippen LogP contribution in [0.1, 0.15) is 71.7 Å². The number of aromatic hydroxyl groups is 1. The Hall–Kier alpha value is -3.44. The predicted molar refractivity (Wildman–Crippen MR) is 145 cm³/mol. The Kier molecular flexibility index (Phi) is 7.19. The Bertz CT molecular complexity index is 1400. The van der Waals surface area contributed by atoms with Crippen LogP contribution >= 0.6 is 0 Å². The summed E-state index contributed by atoms with van der Waals surface area (Å²) in [6.45, 7) is 5.22. The van der Waals surface area contributed by atoms with Gasteiger partial charge in [0, 0.05) is 51.5 Å². The first-order chi connectivity index (χ1) is 17.5. The number of hydrogen-bond donors (Lipinski definition) is 2. The molecule has 36 heavy (non-hydrogen) atoms. The molecule has 186 valence electrons. The van der Waals surface area contributed by atoms with Gasteiger partial charge in [0.2, 0.25) is 0 Å². The number of phenolic OH excluding ortho intramolecular Hbond substituents is 1. The molecular weight excluding hydrogens is 448 g/mol. The maximum Gasteiger partial charge on any atom is 0.193 e. The minimum Gasteiger partial charge on any atom is -0.508 e. The standard InChI is InChI=1S/C31H34N2O3/c1-2-3-4-5-6-30(35)23-9-13-28-26(17-23)27-18-24(31(36)22-7-11-25(34)12-8-22)10-14-29(27)33(28)16-15-21-19-32-20-21/h7-14,17-18,21,32,34H,2-6,15-16,19-20H2,1H3. The summed E-state index contributed by atoms with van der Waals surface area (Å²) < 4.78 is 2.34. The van der Waals surface area contributed by atoms with Gasteiger partial charge in [-0.05, 0) is 92.5 Å². The average molecular weight is 483 g/mol. The topological polar surface area (TPSA) is 71.3 Å². The summed E-state index contributed by atoms with van der Waals surface area (Å²) in [4.78, 5) is 26.2. The molecule has 5 heteroatoms. The molecule has 2 heterocycles. The zero-order valence-corrected chi connectivity index (χ0v) is 20.9. The van der Waals surface area contributed by atoms with E-state index < -0.39 is 0 Å². The van der Waals surface area contributed by atoms with E-state index in [2.05, 4.69) is 22.9 Å². The van der Waals surface area contributed by atoms with E-state index in [4.69, 9.17) is 0 Å². The lowest BCUT2D eigenvalue weighted by Gasteiger charge is -2.27. The second kappa shape index (κ2) is 10.7. The van der Waals surface area contributed by atoms with Gasteiger partial charge in [-0.3, -0.25) is 9.59 Å². The van der Waals surface area contributed by atoms with Crippen LogP contribution in [-0.4, -0.2) is 34.3 Å².